The molecule has 25 heavy (non-hydrogen) atoms. The van der Waals surface area contributed by atoms with E-state index >= 15 is 0 Å². The van der Waals surface area contributed by atoms with Gasteiger partial charge in [0.1, 0.15) is 5.71 Å². The number of hydrogen-bond donors (Lipinski definition) is 3. The Hall–Kier alpha value is -1.29. The summed E-state index contributed by atoms with van der Waals surface area (Å²) >= 11 is 1.75. The molecule has 0 saturated heterocycles. The Morgan fingerprint density at radius 1 is 1.32 bits per heavy atom. The average Bonchev–Trinajstić information content (AvgIpc) is 3.03. The van der Waals surface area contributed by atoms with E-state index in [-0.39, 0.29) is 30.3 Å². The van der Waals surface area contributed by atoms with Gasteiger partial charge in [-0.05, 0) is 31.4 Å². The highest BCUT2D eigenvalue weighted by Crippen LogP contribution is 2.19. The number of aldehydes is 1. The lowest BCUT2D eigenvalue weighted by atomic mass is 10.1. The Bertz CT molecular complexity index is 457. The molecule has 9 N–H and O–H groups in total. The third-order valence-electron chi connectivity index (χ3n) is 3.37. The molecule has 1 aliphatic carbocycles. The number of rotatable bonds is 7. The van der Waals surface area contributed by atoms with Gasteiger partial charge in [0.2, 0.25) is 0 Å². The van der Waals surface area contributed by atoms with Gasteiger partial charge in [0, 0.05) is 31.4 Å². The number of thioether (sulfide) groups is 1. The molecule has 2 rings (SSSR count). The van der Waals surface area contributed by atoms with Crippen molar-refractivity contribution in [3.8, 4) is 0 Å². The Morgan fingerprint density at radius 2 is 1.88 bits per heavy atom. The molecule has 0 spiro atoms. The first kappa shape index (κ1) is 28.5. The molecule has 0 amide bonds. The molecular weight excluding hydrogens is 344 g/mol. The molecule has 0 aromatic heterocycles. The second kappa shape index (κ2) is 17.5. The van der Waals surface area contributed by atoms with Crippen molar-refractivity contribution in [3.05, 3.63) is 29.8 Å². The average molecular weight is 379 g/mol. The first-order valence-electron chi connectivity index (χ1n) is 7.61. The van der Waals surface area contributed by atoms with Crippen LogP contribution in [0.15, 0.2) is 29.2 Å². The maximum atomic E-state index is 10.4. The van der Waals surface area contributed by atoms with Crippen LogP contribution in [0.4, 0.5) is 0 Å². The quantitative estimate of drug-likeness (QED) is 0.285. The molecule has 1 saturated carbocycles. The van der Waals surface area contributed by atoms with Crippen LogP contribution in [-0.2, 0) is 9.53 Å². The van der Waals surface area contributed by atoms with Crippen LogP contribution < -0.4 is 6.15 Å². The number of methoxy groups -OCH3 is 1. The second-order valence-corrected chi connectivity index (χ2v) is 6.36. The summed E-state index contributed by atoms with van der Waals surface area (Å²) in [5.74, 6) is 1.01. The molecule has 0 radical (unpaired) electrons. The number of carbonyl (C=O) groups is 1. The molecule has 0 heterocycles. The van der Waals surface area contributed by atoms with Crippen molar-refractivity contribution in [1.29, 1.82) is 5.41 Å². The van der Waals surface area contributed by atoms with E-state index in [9.17, 15) is 4.79 Å². The van der Waals surface area contributed by atoms with Crippen LogP contribution in [0.3, 0.4) is 0 Å². The van der Waals surface area contributed by atoms with E-state index in [1.807, 2.05) is 12.1 Å². The van der Waals surface area contributed by atoms with Crippen LogP contribution in [0.25, 0.3) is 0 Å². The lowest BCUT2D eigenvalue weighted by Crippen LogP contribution is -1.98. The zero-order valence-electron chi connectivity index (χ0n) is 14.8. The fraction of sp³-hybridized carbons (Fsp3) is 0.529. The highest BCUT2D eigenvalue weighted by Gasteiger charge is 2.09. The van der Waals surface area contributed by atoms with Crippen molar-refractivity contribution in [1.82, 2.24) is 6.15 Å². The smallest absolute Gasteiger partial charge is 0.168 e. The Morgan fingerprint density at radius 3 is 2.28 bits per heavy atom. The van der Waals surface area contributed by atoms with Gasteiger partial charge >= 0.3 is 0 Å². The first-order valence-corrected chi connectivity index (χ1v) is 8.60. The van der Waals surface area contributed by atoms with E-state index < -0.39 is 0 Å². The van der Waals surface area contributed by atoms with Crippen LogP contribution >= 0.6 is 11.8 Å². The predicted molar refractivity (Wildman–Crippen MR) is 105 cm³/mol. The summed E-state index contributed by atoms with van der Waals surface area (Å²) in [5, 5.41) is 16.1. The monoisotopic (exact) mass is 378 g/mol. The maximum absolute atomic E-state index is 10.4. The van der Waals surface area contributed by atoms with Crippen molar-refractivity contribution >= 4 is 23.8 Å². The van der Waals surface area contributed by atoms with Gasteiger partial charge in [-0.1, -0.05) is 25.0 Å². The third-order valence-corrected chi connectivity index (χ3v) is 4.47. The summed E-state index contributed by atoms with van der Waals surface area (Å²) in [5.41, 5.74) is 0.687. The molecule has 0 unspecified atom stereocenters. The highest BCUT2D eigenvalue weighted by atomic mass is 32.2. The van der Waals surface area contributed by atoms with Gasteiger partial charge in [-0.3, -0.25) is 10.2 Å². The zero-order chi connectivity index (χ0) is 16.2. The van der Waals surface area contributed by atoms with Crippen molar-refractivity contribution in [2.75, 3.05) is 19.5 Å². The topological polar surface area (TPSA) is 168 Å². The lowest BCUT2D eigenvalue weighted by Gasteiger charge is -2.02. The number of nitrogens with one attached hydrogen (secondary N) is 1. The number of aliphatic hydroxyl groups is 1. The molecule has 0 bridgehead atoms. The summed E-state index contributed by atoms with van der Waals surface area (Å²) in [7, 11) is 1.70. The molecule has 1 aromatic carbocycles. The minimum atomic E-state index is 0. The van der Waals surface area contributed by atoms with E-state index in [0.29, 0.717) is 11.8 Å². The lowest BCUT2D eigenvalue weighted by molar-refractivity contribution is -0.102. The predicted octanol–water partition coefficient (Wildman–Crippen LogP) is 2.06. The van der Waals surface area contributed by atoms with Crippen LogP contribution in [0.1, 0.15) is 39.1 Å². The first-order chi connectivity index (χ1) is 10.7. The Balaban J connectivity index is -0.000000209. The van der Waals surface area contributed by atoms with Crippen LogP contribution in [0.5, 0.6) is 0 Å². The Kier molecular flexibility index (Phi) is 20.0. The van der Waals surface area contributed by atoms with Crippen LogP contribution in [-0.4, -0.2) is 53.6 Å². The molecule has 8 heteroatoms. The van der Waals surface area contributed by atoms with E-state index in [0.717, 1.165) is 36.5 Å². The van der Waals surface area contributed by atoms with Gasteiger partial charge < -0.3 is 26.9 Å². The molecule has 1 aliphatic rings. The fourth-order valence-electron chi connectivity index (χ4n) is 2.10. The summed E-state index contributed by atoms with van der Waals surface area (Å²) < 4.78 is 4.96. The van der Waals surface area contributed by atoms with E-state index in [1.54, 1.807) is 31.0 Å². The SMILES string of the molecule is COCCCSc1ccc(C(=N)C=O)cc1.N.O.O.OC1CCCC1.[HH]. The number of hydrogen-bond acceptors (Lipinski definition) is 6. The minimum absolute atomic E-state index is 0. The fourth-order valence-corrected chi connectivity index (χ4v) is 2.92. The molecule has 0 atom stereocenters. The largest absolute Gasteiger partial charge is 0.412 e. The summed E-state index contributed by atoms with van der Waals surface area (Å²) in [6.45, 7) is 0.779. The van der Waals surface area contributed by atoms with Crippen LogP contribution in [0.2, 0.25) is 0 Å². The van der Waals surface area contributed by atoms with E-state index in [4.69, 9.17) is 15.3 Å². The van der Waals surface area contributed by atoms with Crippen molar-refractivity contribution in [2.24, 2.45) is 0 Å². The minimum Gasteiger partial charge on any atom is -0.412 e. The second-order valence-electron chi connectivity index (χ2n) is 5.19. The van der Waals surface area contributed by atoms with Crippen LogP contribution in [0, 0.1) is 5.41 Å². The molecule has 1 fully saturated rings. The number of benzene rings is 1. The standard InChI is InChI=1S/C12H15NO2S.C5H10O.H3N.2H2O.H2/c1-15-7-2-8-16-11-5-3-10(4-6-11)12(13)9-14;6-5-3-1-2-4-5;;;;/h3-6,9,13H,2,7-8H2,1H3;5-6H,1-4H2;1H3;2*1H2;1H. The number of carbonyl (C=O) groups excluding carboxylic acids is 1. The van der Waals surface area contributed by atoms with Gasteiger partial charge in [-0.2, -0.15) is 0 Å². The normalized spacial score (nSPS) is 12.6. The van der Waals surface area contributed by atoms with Gasteiger partial charge in [0.25, 0.3) is 0 Å². The van der Waals surface area contributed by atoms with E-state index in [1.165, 1.54) is 12.8 Å². The molecule has 0 aliphatic heterocycles. The molecule has 148 valence electrons. The highest BCUT2D eigenvalue weighted by molar-refractivity contribution is 7.99. The molecular formula is C17H34N2O5S. The maximum Gasteiger partial charge on any atom is 0.168 e. The van der Waals surface area contributed by atoms with Gasteiger partial charge in [0.15, 0.2) is 6.29 Å². The number of ether oxygens (including phenoxy) is 1. The summed E-state index contributed by atoms with van der Waals surface area (Å²) in [6, 6.07) is 7.47. The summed E-state index contributed by atoms with van der Waals surface area (Å²) in [4.78, 5) is 11.5. The molecule has 1 aromatic rings. The Labute approximate surface area is 155 Å². The van der Waals surface area contributed by atoms with Crippen molar-refractivity contribution in [2.45, 2.75) is 43.1 Å². The van der Waals surface area contributed by atoms with Crippen molar-refractivity contribution in [3.63, 3.8) is 0 Å². The zero-order valence-corrected chi connectivity index (χ0v) is 15.6. The van der Waals surface area contributed by atoms with Crippen molar-refractivity contribution < 1.29 is 27.0 Å². The van der Waals surface area contributed by atoms with E-state index in [2.05, 4.69) is 0 Å². The van der Waals surface area contributed by atoms with Gasteiger partial charge in [-0.15, -0.1) is 11.8 Å². The summed E-state index contributed by atoms with van der Waals surface area (Å²) in [6.07, 6.45) is 6.18. The third kappa shape index (κ3) is 12.7. The number of aliphatic hydroxyl groups excluding tert-OH is 1. The van der Waals surface area contributed by atoms with Gasteiger partial charge in [0.05, 0.1) is 6.10 Å². The molecule has 7 nitrogen and oxygen atoms in total. The van der Waals surface area contributed by atoms with Gasteiger partial charge in [-0.25, -0.2) is 0 Å².